The molecule has 1 aromatic heterocycles. The van der Waals surface area contributed by atoms with Crippen molar-refractivity contribution in [2.45, 2.75) is 4.90 Å². The molecule has 0 aliphatic heterocycles. The van der Waals surface area contributed by atoms with Crippen molar-refractivity contribution in [3.63, 3.8) is 0 Å². The minimum Gasteiger partial charge on any atom is -0.497 e. The largest absolute Gasteiger partial charge is 0.497 e. The molecule has 0 atom stereocenters. The van der Waals surface area contributed by atoms with E-state index < -0.39 is 10.0 Å². The van der Waals surface area contributed by atoms with Crippen LogP contribution in [0.5, 0.6) is 5.75 Å². The minimum atomic E-state index is -3.72. The topological polar surface area (TPSA) is 84.4 Å². The van der Waals surface area contributed by atoms with Crippen molar-refractivity contribution >= 4 is 21.7 Å². The monoisotopic (exact) mass is 308 g/mol. The maximum Gasteiger partial charge on any atom is 0.267 e. The number of sulfonamides is 1. The number of aromatic nitrogens is 2. The second kappa shape index (κ2) is 5.96. The van der Waals surface area contributed by atoms with Crippen molar-refractivity contribution in [3.05, 3.63) is 36.7 Å². The van der Waals surface area contributed by atoms with Crippen LogP contribution in [0.2, 0.25) is 0 Å². The summed E-state index contributed by atoms with van der Waals surface area (Å²) in [4.78, 5) is 7.86. The van der Waals surface area contributed by atoms with Crippen LogP contribution < -0.4 is 14.4 Å². The molecular formula is C13H16N4O3S. The third kappa shape index (κ3) is 3.05. The standard InChI is InChI=1S/C13H16N4O3S/c1-14-13-15-8-12(9-16-13)21(18,19)17(2)10-5-4-6-11(7-10)20-3/h4-9H,1-3H3,(H,14,15,16). The Labute approximate surface area is 123 Å². The van der Waals surface area contributed by atoms with Gasteiger partial charge in [0, 0.05) is 20.2 Å². The van der Waals surface area contributed by atoms with Gasteiger partial charge < -0.3 is 10.1 Å². The van der Waals surface area contributed by atoms with Crippen LogP contribution in [0.1, 0.15) is 0 Å². The van der Waals surface area contributed by atoms with Crippen molar-refractivity contribution in [1.29, 1.82) is 0 Å². The zero-order valence-electron chi connectivity index (χ0n) is 11.9. The van der Waals surface area contributed by atoms with Gasteiger partial charge >= 0.3 is 0 Å². The fraction of sp³-hybridized carbons (Fsp3) is 0.231. The van der Waals surface area contributed by atoms with E-state index in [1.165, 1.54) is 26.6 Å². The molecule has 1 N–H and O–H groups in total. The van der Waals surface area contributed by atoms with E-state index in [0.29, 0.717) is 17.4 Å². The first kappa shape index (κ1) is 15.0. The lowest BCUT2D eigenvalue weighted by atomic mass is 10.3. The number of nitrogens with zero attached hydrogens (tertiary/aromatic N) is 3. The number of hydrogen-bond acceptors (Lipinski definition) is 6. The number of methoxy groups -OCH3 is 1. The summed E-state index contributed by atoms with van der Waals surface area (Å²) in [7, 11) is 0.936. The molecule has 1 aromatic carbocycles. The Morgan fingerprint density at radius 1 is 1.24 bits per heavy atom. The van der Waals surface area contributed by atoms with E-state index in [4.69, 9.17) is 4.74 Å². The van der Waals surface area contributed by atoms with Crippen molar-refractivity contribution in [2.24, 2.45) is 0 Å². The van der Waals surface area contributed by atoms with Gasteiger partial charge in [0.05, 0.1) is 25.2 Å². The van der Waals surface area contributed by atoms with Crippen LogP contribution in [-0.2, 0) is 10.0 Å². The normalized spacial score (nSPS) is 11.0. The number of nitrogens with one attached hydrogen (secondary N) is 1. The molecule has 0 spiro atoms. The summed E-state index contributed by atoms with van der Waals surface area (Å²) >= 11 is 0. The van der Waals surface area contributed by atoms with Crippen molar-refractivity contribution in [1.82, 2.24) is 9.97 Å². The van der Waals surface area contributed by atoms with Crippen LogP contribution in [0.25, 0.3) is 0 Å². The molecule has 112 valence electrons. The van der Waals surface area contributed by atoms with Gasteiger partial charge in [-0.3, -0.25) is 4.31 Å². The van der Waals surface area contributed by atoms with Crippen molar-refractivity contribution in [2.75, 3.05) is 30.8 Å². The number of hydrogen-bond donors (Lipinski definition) is 1. The Morgan fingerprint density at radius 2 is 1.90 bits per heavy atom. The molecule has 1 heterocycles. The Balaban J connectivity index is 2.37. The van der Waals surface area contributed by atoms with Gasteiger partial charge in [-0.25, -0.2) is 18.4 Å². The van der Waals surface area contributed by atoms with Crippen LogP contribution in [0, 0.1) is 0 Å². The van der Waals surface area contributed by atoms with E-state index in [2.05, 4.69) is 15.3 Å². The Kier molecular flexibility index (Phi) is 4.27. The highest BCUT2D eigenvalue weighted by Crippen LogP contribution is 2.25. The van der Waals surface area contributed by atoms with Gasteiger partial charge in [0.2, 0.25) is 5.95 Å². The third-order valence-electron chi connectivity index (χ3n) is 2.93. The highest BCUT2D eigenvalue weighted by Gasteiger charge is 2.22. The molecule has 0 unspecified atom stereocenters. The smallest absolute Gasteiger partial charge is 0.267 e. The molecule has 0 aliphatic rings. The lowest BCUT2D eigenvalue weighted by molar-refractivity contribution is 0.415. The molecule has 0 bridgehead atoms. The average Bonchev–Trinajstić information content (AvgIpc) is 2.54. The Bertz CT molecular complexity index is 716. The van der Waals surface area contributed by atoms with Gasteiger partial charge in [-0.15, -0.1) is 0 Å². The molecule has 2 aromatic rings. The van der Waals surface area contributed by atoms with E-state index in [1.54, 1.807) is 31.3 Å². The third-order valence-corrected chi connectivity index (χ3v) is 4.67. The summed E-state index contributed by atoms with van der Waals surface area (Å²) in [5.41, 5.74) is 0.493. The molecule has 2 rings (SSSR count). The molecule has 0 aliphatic carbocycles. The van der Waals surface area contributed by atoms with Gasteiger partial charge in [0.25, 0.3) is 10.0 Å². The zero-order valence-corrected chi connectivity index (χ0v) is 12.8. The Morgan fingerprint density at radius 3 is 2.48 bits per heavy atom. The first-order valence-electron chi connectivity index (χ1n) is 6.12. The summed E-state index contributed by atoms with van der Waals surface area (Å²) < 4.78 is 31.3. The van der Waals surface area contributed by atoms with Gasteiger partial charge in [-0.1, -0.05) is 6.07 Å². The summed E-state index contributed by atoms with van der Waals surface area (Å²) in [5.74, 6) is 0.939. The lowest BCUT2D eigenvalue weighted by Crippen LogP contribution is -2.26. The fourth-order valence-electron chi connectivity index (χ4n) is 1.68. The first-order chi connectivity index (χ1) is 9.98. The quantitative estimate of drug-likeness (QED) is 0.897. The molecule has 8 heteroatoms. The molecule has 7 nitrogen and oxygen atoms in total. The van der Waals surface area contributed by atoms with E-state index in [9.17, 15) is 8.42 Å². The maximum atomic E-state index is 12.5. The van der Waals surface area contributed by atoms with Crippen LogP contribution >= 0.6 is 0 Å². The molecule has 0 saturated heterocycles. The van der Waals surface area contributed by atoms with Crippen LogP contribution in [0.4, 0.5) is 11.6 Å². The van der Waals surface area contributed by atoms with Gasteiger partial charge in [-0.2, -0.15) is 0 Å². The predicted octanol–water partition coefficient (Wildman–Crippen LogP) is 1.35. The second-order valence-electron chi connectivity index (χ2n) is 4.17. The number of ether oxygens (including phenoxy) is 1. The van der Waals surface area contributed by atoms with Gasteiger partial charge in [0.1, 0.15) is 10.6 Å². The maximum absolute atomic E-state index is 12.5. The number of rotatable bonds is 5. The highest BCUT2D eigenvalue weighted by molar-refractivity contribution is 7.92. The average molecular weight is 308 g/mol. The van der Waals surface area contributed by atoms with Gasteiger partial charge in [-0.05, 0) is 12.1 Å². The van der Waals surface area contributed by atoms with Crippen LogP contribution in [-0.4, -0.2) is 39.6 Å². The Hall–Kier alpha value is -2.35. The first-order valence-corrected chi connectivity index (χ1v) is 7.56. The summed E-state index contributed by atoms with van der Waals surface area (Å²) in [6.07, 6.45) is 2.54. The SMILES string of the molecule is CNc1ncc(S(=O)(=O)N(C)c2cccc(OC)c2)cn1. The minimum absolute atomic E-state index is 0.0202. The number of benzene rings is 1. The number of anilines is 2. The van der Waals surface area contributed by atoms with Crippen LogP contribution in [0.15, 0.2) is 41.6 Å². The lowest BCUT2D eigenvalue weighted by Gasteiger charge is -2.19. The summed E-state index contributed by atoms with van der Waals surface area (Å²) in [6.45, 7) is 0. The fourth-order valence-corrected chi connectivity index (χ4v) is 2.76. The second-order valence-corrected chi connectivity index (χ2v) is 6.14. The van der Waals surface area contributed by atoms with E-state index in [0.717, 1.165) is 4.31 Å². The molecular weight excluding hydrogens is 292 g/mol. The summed E-state index contributed by atoms with van der Waals surface area (Å²) in [6, 6.07) is 6.79. The highest BCUT2D eigenvalue weighted by atomic mass is 32.2. The molecule has 0 amide bonds. The molecule has 0 fully saturated rings. The van der Waals surface area contributed by atoms with E-state index >= 15 is 0 Å². The van der Waals surface area contributed by atoms with Crippen molar-refractivity contribution in [3.8, 4) is 5.75 Å². The van der Waals surface area contributed by atoms with Gasteiger partial charge in [0.15, 0.2) is 0 Å². The molecule has 21 heavy (non-hydrogen) atoms. The zero-order chi connectivity index (χ0) is 15.5. The van der Waals surface area contributed by atoms with E-state index in [-0.39, 0.29) is 4.90 Å². The molecule has 0 radical (unpaired) electrons. The predicted molar refractivity (Wildman–Crippen MR) is 80.2 cm³/mol. The summed E-state index contributed by atoms with van der Waals surface area (Å²) in [5, 5.41) is 2.73. The van der Waals surface area contributed by atoms with Crippen molar-refractivity contribution < 1.29 is 13.2 Å². The van der Waals surface area contributed by atoms with Crippen LogP contribution in [0.3, 0.4) is 0 Å². The van der Waals surface area contributed by atoms with E-state index in [1.807, 2.05) is 0 Å². The molecule has 0 saturated carbocycles.